The summed E-state index contributed by atoms with van der Waals surface area (Å²) >= 11 is 6.40. The van der Waals surface area contributed by atoms with Gasteiger partial charge in [0.25, 0.3) is 5.89 Å². The van der Waals surface area contributed by atoms with Gasteiger partial charge < -0.3 is 29.5 Å². The minimum atomic E-state index is -0.980. The predicted molar refractivity (Wildman–Crippen MR) is 123 cm³/mol. The molecular formula is C22H26ClN5O6. The summed E-state index contributed by atoms with van der Waals surface area (Å²) in [5, 5.41) is 25.3. The minimum absolute atomic E-state index is 0.0633. The third kappa shape index (κ3) is 6.62. The number of rotatable bonds is 10. The predicted octanol–water partition coefficient (Wildman–Crippen LogP) is 2.10. The average Bonchev–Trinajstić information content (AvgIpc) is 3.26. The summed E-state index contributed by atoms with van der Waals surface area (Å²) in [7, 11) is 0. The van der Waals surface area contributed by atoms with E-state index in [0.29, 0.717) is 39.1 Å². The number of nitrogens with one attached hydrogen (secondary N) is 1. The molecule has 0 aliphatic heterocycles. The summed E-state index contributed by atoms with van der Waals surface area (Å²) in [5.41, 5.74) is 2.42. The summed E-state index contributed by atoms with van der Waals surface area (Å²) in [5.74, 6) is 0.304. The molecule has 1 aromatic carbocycles. The molecule has 0 saturated carbocycles. The average molecular weight is 492 g/mol. The monoisotopic (exact) mass is 491 g/mol. The first-order valence-electron chi connectivity index (χ1n) is 10.5. The van der Waals surface area contributed by atoms with E-state index in [1.54, 1.807) is 25.1 Å². The van der Waals surface area contributed by atoms with Gasteiger partial charge in [-0.05, 0) is 51.5 Å². The highest BCUT2D eigenvalue weighted by atomic mass is 35.5. The molecule has 0 aliphatic carbocycles. The molecule has 3 N–H and O–H groups in total. The molecule has 1 unspecified atom stereocenters. The number of hydrogen-bond acceptors (Lipinski definition) is 10. The SMILES string of the molecule is Cc1cc(-c2nc(-c3cc(C)c(OCC(O)CNC(=O)CO)c(Cl)c3)no2)nc(OC(C)C)n1. The lowest BCUT2D eigenvalue weighted by Crippen LogP contribution is -2.36. The Morgan fingerprint density at radius 3 is 2.65 bits per heavy atom. The first-order chi connectivity index (χ1) is 16.2. The molecular weight excluding hydrogens is 466 g/mol. The van der Waals surface area contributed by atoms with Gasteiger partial charge in [0.2, 0.25) is 11.7 Å². The summed E-state index contributed by atoms with van der Waals surface area (Å²) in [6.45, 7) is 6.54. The highest BCUT2D eigenvalue weighted by Gasteiger charge is 2.18. The molecule has 2 aromatic heterocycles. The Morgan fingerprint density at radius 2 is 1.97 bits per heavy atom. The molecule has 2 heterocycles. The second kappa shape index (κ2) is 11.2. The van der Waals surface area contributed by atoms with Gasteiger partial charge in [0, 0.05) is 17.8 Å². The van der Waals surface area contributed by atoms with Gasteiger partial charge in [0.05, 0.1) is 11.1 Å². The van der Waals surface area contributed by atoms with Crippen molar-refractivity contribution in [3.05, 3.63) is 34.5 Å². The van der Waals surface area contributed by atoms with Gasteiger partial charge in [0.15, 0.2) is 0 Å². The van der Waals surface area contributed by atoms with Crippen molar-refractivity contribution in [3.63, 3.8) is 0 Å². The lowest BCUT2D eigenvalue weighted by atomic mass is 10.1. The zero-order valence-corrected chi connectivity index (χ0v) is 20.0. The second-order valence-electron chi connectivity index (χ2n) is 7.80. The smallest absolute Gasteiger partial charge is 0.317 e. The highest BCUT2D eigenvalue weighted by Crippen LogP contribution is 2.34. The number of ether oxygens (including phenoxy) is 2. The van der Waals surface area contributed by atoms with Crippen molar-refractivity contribution in [2.24, 2.45) is 0 Å². The number of carbonyl (C=O) groups is 1. The molecule has 0 aliphatic rings. The van der Waals surface area contributed by atoms with E-state index >= 15 is 0 Å². The van der Waals surface area contributed by atoms with Gasteiger partial charge in [-0.2, -0.15) is 9.97 Å². The van der Waals surface area contributed by atoms with E-state index in [-0.39, 0.29) is 31.2 Å². The van der Waals surface area contributed by atoms with Crippen LogP contribution in [0, 0.1) is 13.8 Å². The molecule has 1 amide bonds. The molecule has 3 rings (SSSR count). The van der Waals surface area contributed by atoms with E-state index < -0.39 is 18.6 Å². The normalized spacial score (nSPS) is 12.0. The van der Waals surface area contributed by atoms with Gasteiger partial charge >= 0.3 is 6.01 Å². The molecule has 0 bridgehead atoms. The molecule has 0 spiro atoms. The van der Waals surface area contributed by atoms with Crippen LogP contribution in [-0.2, 0) is 4.79 Å². The minimum Gasteiger partial charge on any atom is -0.489 e. The van der Waals surface area contributed by atoms with Crippen LogP contribution in [0.15, 0.2) is 22.7 Å². The number of amides is 1. The Bertz CT molecular complexity index is 1130. The van der Waals surface area contributed by atoms with Gasteiger partial charge in [0.1, 0.15) is 30.8 Å². The van der Waals surface area contributed by atoms with Gasteiger partial charge in [-0.15, -0.1) is 0 Å². The third-order valence-corrected chi connectivity index (χ3v) is 4.69. The van der Waals surface area contributed by atoms with E-state index in [1.807, 2.05) is 20.8 Å². The Balaban J connectivity index is 1.75. The summed E-state index contributed by atoms with van der Waals surface area (Å²) < 4.78 is 16.6. The van der Waals surface area contributed by atoms with Crippen LogP contribution < -0.4 is 14.8 Å². The van der Waals surface area contributed by atoms with Crippen molar-refractivity contribution >= 4 is 17.5 Å². The fourth-order valence-electron chi connectivity index (χ4n) is 2.93. The zero-order chi connectivity index (χ0) is 24.8. The van der Waals surface area contributed by atoms with E-state index in [2.05, 4.69) is 25.4 Å². The molecule has 11 nitrogen and oxygen atoms in total. The van der Waals surface area contributed by atoms with Crippen LogP contribution in [0.1, 0.15) is 25.1 Å². The van der Waals surface area contributed by atoms with Crippen molar-refractivity contribution in [2.75, 3.05) is 19.8 Å². The van der Waals surface area contributed by atoms with Crippen molar-refractivity contribution in [1.29, 1.82) is 0 Å². The number of aliphatic hydroxyl groups excluding tert-OH is 2. The molecule has 182 valence electrons. The Kier molecular flexibility index (Phi) is 8.37. The fraction of sp³-hybridized carbons (Fsp3) is 0.409. The first kappa shape index (κ1) is 25.3. The van der Waals surface area contributed by atoms with Crippen LogP contribution in [0.3, 0.4) is 0 Å². The molecule has 0 fully saturated rings. The fourth-order valence-corrected chi connectivity index (χ4v) is 3.25. The molecule has 0 radical (unpaired) electrons. The number of aryl methyl sites for hydroxylation is 2. The summed E-state index contributed by atoms with van der Waals surface area (Å²) in [6, 6.07) is 5.34. The van der Waals surface area contributed by atoms with Crippen molar-refractivity contribution < 1.29 is 29.0 Å². The number of aliphatic hydroxyl groups is 2. The van der Waals surface area contributed by atoms with E-state index in [0.717, 1.165) is 0 Å². The lowest BCUT2D eigenvalue weighted by molar-refractivity contribution is -0.124. The topological polar surface area (TPSA) is 153 Å². The van der Waals surface area contributed by atoms with Crippen LogP contribution in [-0.4, -0.2) is 68.2 Å². The number of halogens is 1. The molecule has 0 saturated heterocycles. The van der Waals surface area contributed by atoms with Crippen molar-refractivity contribution in [3.8, 4) is 34.7 Å². The Labute approximate surface area is 201 Å². The zero-order valence-electron chi connectivity index (χ0n) is 19.2. The van der Waals surface area contributed by atoms with Gasteiger partial charge in [-0.1, -0.05) is 16.8 Å². The maximum Gasteiger partial charge on any atom is 0.317 e. The Morgan fingerprint density at radius 1 is 1.21 bits per heavy atom. The summed E-state index contributed by atoms with van der Waals surface area (Å²) in [4.78, 5) is 24.1. The number of aromatic nitrogens is 4. The van der Waals surface area contributed by atoms with Crippen LogP contribution in [0.2, 0.25) is 5.02 Å². The largest absolute Gasteiger partial charge is 0.489 e. The number of hydrogen-bond donors (Lipinski definition) is 3. The van der Waals surface area contributed by atoms with Gasteiger partial charge in [-0.3, -0.25) is 4.79 Å². The number of carbonyl (C=O) groups excluding carboxylic acids is 1. The quantitative estimate of drug-likeness (QED) is 0.384. The third-order valence-electron chi connectivity index (χ3n) is 4.41. The van der Waals surface area contributed by atoms with Crippen LogP contribution in [0.25, 0.3) is 23.0 Å². The van der Waals surface area contributed by atoms with Crippen LogP contribution >= 0.6 is 11.6 Å². The maximum atomic E-state index is 11.1. The van der Waals surface area contributed by atoms with Crippen LogP contribution in [0.4, 0.5) is 0 Å². The number of benzene rings is 1. The van der Waals surface area contributed by atoms with Crippen molar-refractivity contribution in [1.82, 2.24) is 25.4 Å². The summed E-state index contributed by atoms with van der Waals surface area (Å²) in [6.07, 6.45) is -1.06. The lowest BCUT2D eigenvalue weighted by Gasteiger charge is -2.16. The first-order valence-corrected chi connectivity index (χ1v) is 10.9. The molecule has 12 heteroatoms. The molecule has 34 heavy (non-hydrogen) atoms. The molecule has 3 aromatic rings. The number of nitrogens with zero attached hydrogens (tertiary/aromatic N) is 4. The van der Waals surface area contributed by atoms with Crippen molar-refractivity contribution in [2.45, 2.75) is 39.9 Å². The maximum absolute atomic E-state index is 11.1. The standard InChI is InChI=1S/C22H26ClN5O6/c1-11(2)33-22-25-13(4)6-17(26-22)21-27-20(28-34-21)14-5-12(3)19(16(23)7-14)32-10-15(30)8-24-18(31)9-29/h5-7,11,15,29-30H,8-10H2,1-4H3,(H,24,31). The second-order valence-corrected chi connectivity index (χ2v) is 8.21. The highest BCUT2D eigenvalue weighted by molar-refractivity contribution is 6.32. The van der Waals surface area contributed by atoms with E-state index in [1.165, 1.54) is 0 Å². The van der Waals surface area contributed by atoms with E-state index in [4.69, 9.17) is 30.7 Å². The Hall–Kier alpha value is -3.28. The van der Waals surface area contributed by atoms with Gasteiger partial charge in [-0.25, -0.2) is 4.98 Å². The molecule has 1 atom stereocenters. The van der Waals surface area contributed by atoms with E-state index in [9.17, 15) is 9.90 Å². The van der Waals surface area contributed by atoms with Crippen LogP contribution in [0.5, 0.6) is 11.8 Å².